The summed E-state index contributed by atoms with van der Waals surface area (Å²) in [7, 11) is -4.29. The minimum atomic E-state index is -4.29. The second kappa shape index (κ2) is 48.0. The number of carbonyl (C=O) groups is 1. The van der Waals surface area contributed by atoms with E-state index in [4.69, 9.17) is 24.3 Å². The highest BCUT2D eigenvalue weighted by Gasteiger charge is 2.25. The lowest BCUT2D eigenvalue weighted by atomic mass is 10.1. The smallest absolute Gasteiger partial charge is 0.457 e. The normalized spacial score (nSPS) is 14.0. The van der Waals surface area contributed by atoms with Crippen molar-refractivity contribution in [2.24, 2.45) is 5.73 Å². The number of hydrogen-bond donors (Lipinski definition) is 2. The Bertz CT molecular complexity index is 1150. The van der Waals surface area contributed by atoms with Crippen molar-refractivity contribution >= 4 is 13.8 Å². The van der Waals surface area contributed by atoms with Crippen LogP contribution in [0, 0.1) is 0 Å². The van der Waals surface area contributed by atoms with Crippen LogP contribution in [0.5, 0.6) is 0 Å². The third-order valence-corrected chi connectivity index (χ3v) is 11.1. The van der Waals surface area contributed by atoms with Crippen LogP contribution < -0.4 is 5.73 Å². The van der Waals surface area contributed by atoms with Gasteiger partial charge in [-0.15, -0.1) is 0 Å². The van der Waals surface area contributed by atoms with Crippen LogP contribution in [-0.2, 0) is 27.9 Å². The molecule has 9 heteroatoms. The van der Waals surface area contributed by atoms with Crippen LogP contribution in [0.15, 0.2) is 72.9 Å². The standard InChI is InChI=1S/C51H92NO7P/c1-3-5-7-9-11-13-15-17-19-21-23-25-26-28-30-32-34-36-38-40-42-44-51(53)59-50(49-58-60(54,55)57-47-45-52)48-56-46-43-41-39-37-35-33-31-29-27-24-22-20-18-16-14-12-10-8-6-4-2/h6,8,12,14-15,17-18,20-21,23-24,27,50H,3-5,7,9-11,13,16,19,22,25-26,28-49,52H2,1-2H3,(H,54,55)/b8-6-,14-12-,17-15-,20-18-,23-21-,27-24-. The molecule has 0 aliphatic heterocycles. The highest BCUT2D eigenvalue weighted by atomic mass is 31.2. The van der Waals surface area contributed by atoms with Crippen molar-refractivity contribution in [3.8, 4) is 0 Å². The van der Waals surface area contributed by atoms with Crippen LogP contribution in [0.1, 0.15) is 206 Å². The van der Waals surface area contributed by atoms with E-state index in [0.29, 0.717) is 13.0 Å². The van der Waals surface area contributed by atoms with Crippen molar-refractivity contribution in [3.05, 3.63) is 72.9 Å². The summed E-state index contributed by atoms with van der Waals surface area (Å²) in [6.45, 7) is 4.77. The lowest BCUT2D eigenvalue weighted by Crippen LogP contribution is -2.28. The molecule has 0 saturated carbocycles. The van der Waals surface area contributed by atoms with E-state index in [1.807, 2.05) is 0 Å². The van der Waals surface area contributed by atoms with Crippen LogP contribution in [0.3, 0.4) is 0 Å². The molecular formula is C51H92NO7P. The van der Waals surface area contributed by atoms with E-state index < -0.39 is 13.9 Å². The maximum atomic E-state index is 12.6. The molecule has 2 atom stereocenters. The minimum absolute atomic E-state index is 0.0944. The fourth-order valence-electron chi connectivity index (χ4n) is 6.55. The number of esters is 1. The van der Waals surface area contributed by atoms with Crippen molar-refractivity contribution < 1.29 is 32.8 Å². The fraction of sp³-hybridized carbons (Fsp3) is 0.745. The summed E-state index contributed by atoms with van der Waals surface area (Å²) >= 11 is 0. The molecule has 0 aromatic heterocycles. The van der Waals surface area contributed by atoms with Crippen molar-refractivity contribution in [2.75, 3.05) is 33.0 Å². The first-order valence-corrected chi connectivity index (χ1v) is 25.9. The van der Waals surface area contributed by atoms with Crippen molar-refractivity contribution in [1.82, 2.24) is 0 Å². The average Bonchev–Trinajstić information content (AvgIpc) is 3.24. The molecule has 0 aromatic carbocycles. The molecule has 0 aliphatic carbocycles. The molecule has 0 radical (unpaired) electrons. The monoisotopic (exact) mass is 862 g/mol. The summed E-state index contributed by atoms with van der Waals surface area (Å²) in [5, 5.41) is 0. The molecule has 0 rings (SSSR count). The van der Waals surface area contributed by atoms with Gasteiger partial charge in [-0.3, -0.25) is 13.8 Å². The first-order chi connectivity index (χ1) is 29.4. The van der Waals surface area contributed by atoms with Crippen LogP contribution in [0.2, 0.25) is 0 Å². The number of carbonyl (C=O) groups excluding carboxylic acids is 1. The van der Waals surface area contributed by atoms with E-state index in [9.17, 15) is 14.3 Å². The SMILES string of the molecule is CC/C=C\C/C=C\C/C=C\C/C=C\CCCCCCCCCOCC(COP(=O)(O)OCCN)OC(=O)CCCCCCCCCCC/C=C\C/C=C\CCCCCCC. The Labute approximate surface area is 369 Å². The first-order valence-electron chi connectivity index (χ1n) is 24.4. The Morgan fingerprint density at radius 3 is 1.40 bits per heavy atom. The molecule has 0 spiro atoms. The summed E-state index contributed by atoms with van der Waals surface area (Å²) < 4.78 is 33.5. The highest BCUT2D eigenvalue weighted by Crippen LogP contribution is 2.43. The summed E-state index contributed by atoms with van der Waals surface area (Å²) in [5.74, 6) is -0.340. The number of allylic oxidation sites excluding steroid dienone is 12. The Hall–Kier alpha value is -2.06. The molecule has 8 nitrogen and oxygen atoms in total. The van der Waals surface area contributed by atoms with Gasteiger partial charge in [0.2, 0.25) is 0 Å². The summed E-state index contributed by atoms with van der Waals surface area (Å²) in [5.41, 5.74) is 5.38. The minimum Gasteiger partial charge on any atom is -0.457 e. The number of rotatable bonds is 46. The molecule has 348 valence electrons. The molecular weight excluding hydrogens is 770 g/mol. The first kappa shape index (κ1) is 57.9. The van der Waals surface area contributed by atoms with Gasteiger partial charge in [-0.25, -0.2) is 4.57 Å². The molecule has 60 heavy (non-hydrogen) atoms. The number of hydrogen-bond acceptors (Lipinski definition) is 7. The van der Waals surface area contributed by atoms with Gasteiger partial charge < -0.3 is 20.1 Å². The molecule has 0 heterocycles. The Morgan fingerprint density at radius 2 is 0.933 bits per heavy atom. The summed E-state index contributed by atoms with van der Waals surface area (Å²) in [6, 6.07) is 0. The zero-order valence-electron chi connectivity index (χ0n) is 38.7. The lowest BCUT2D eigenvalue weighted by Gasteiger charge is -2.20. The van der Waals surface area contributed by atoms with Gasteiger partial charge in [-0.1, -0.05) is 189 Å². The van der Waals surface area contributed by atoms with Gasteiger partial charge in [0.05, 0.1) is 19.8 Å². The second-order valence-corrected chi connectivity index (χ2v) is 17.4. The van der Waals surface area contributed by atoms with Gasteiger partial charge >= 0.3 is 13.8 Å². The highest BCUT2D eigenvalue weighted by molar-refractivity contribution is 7.47. The van der Waals surface area contributed by atoms with Crippen molar-refractivity contribution in [2.45, 2.75) is 213 Å². The molecule has 0 bridgehead atoms. The fourth-order valence-corrected chi connectivity index (χ4v) is 7.31. The number of phosphoric acid groups is 1. The van der Waals surface area contributed by atoms with E-state index in [-0.39, 0.29) is 32.3 Å². The molecule has 3 N–H and O–H groups in total. The van der Waals surface area contributed by atoms with E-state index in [1.54, 1.807) is 0 Å². The number of nitrogens with two attached hydrogens (primary N) is 1. The zero-order valence-corrected chi connectivity index (χ0v) is 39.6. The van der Waals surface area contributed by atoms with E-state index >= 15 is 0 Å². The molecule has 0 aromatic rings. The third kappa shape index (κ3) is 47.0. The van der Waals surface area contributed by atoms with Gasteiger partial charge in [0, 0.05) is 19.6 Å². The van der Waals surface area contributed by atoms with Crippen LogP contribution in [0.25, 0.3) is 0 Å². The van der Waals surface area contributed by atoms with Crippen LogP contribution in [0.4, 0.5) is 0 Å². The maximum Gasteiger partial charge on any atom is 0.472 e. The molecule has 0 aliphatic rings. The predicted molar refractivity (Wildman–Crippen MR) is 256 cm³/mol. The molecule has 0 saturated heterocycles. The van der Waals surface area contributed by atoms with Crippen LogP contribution in [-0.4, -0.2) is 49.9 Å². The van der Waals surface area contributed by atoms with Gasteiger partial charge in [0.15, 0.2) is 0 Å². The average molecular weight is 862 g/mol. The molecule has 0 amide bonds. The van der Waals surface area contributed by atoms with Crippen molar-refractivity contribution in [3.63, 3.8) is 0 Å². The Morgan fingerprint density at radius 1 is 0.517 bits per heavy atom. The van der Waals surface area contributed by atoms with Crippen molar-refractivity contribution in [1.29, 1.82) is 0 Å². The quantitative estimate of drug-likeness (QED) is 0.0269. The Kier molecular flexibility index (Phi) is 46.3. The van der Waals surface area contributed by atoms with E-state index in [2.05, 4.69) is 86.8 Å². The molecule has 2 unspecified atom stereocenters. The largest absolute Gasteiger partial charge is 0.472 e. The second-order valence-electron chi connectivity index (χ2n) is 15.9. The zero-order chi connectivity index (χ0) is 43.7. The van der Waals surface area contributed by atoms with Gasteiger partial charge in [-0.05, 0) is 83.5 Å². The summed E-state index contributed by atoms with van der Waals surface area (Å²) in [6.07, 6.45) is 60.7. The lowest BCUT2D eigenvalue weighted by molar-refractivity contribution is -0.154. The predicted octanol–water partition coefficient (Wildman–Crippen LogP) is 15.1. The van der Waals surface area contributed by atoms with Gasteiger partial charge in [-0.2, -0.15) is 0 Å². The van der Waals surface area contributed by atoms with Gasteiger partial charge in [0.25, 0.3) is 0 Å². The molecule has 0 fully saturated rings. The number of unbranched alkanes of at least 4 members (excludes halogenated alkanes) is 21. The summed E-state index contributed by atoms with van der Waals surface area (Å²) in [4.78, 5) is 22.6. The number of phosphoric ester groups is 1. The maximum absolute atomic E-state index is 12.6. The van der Waals surface area contributed by atoms with E-state index in [0.717, 1.165) is 77.0 Å². The Balaban J connectivity index is 4.01. The van der Waals surface area contributed by atoms with Crippen LogP contribution >= 0.6 is 7.82 Å². The van der Waals surface area contributed by atoms with Gasteiger partial charge in [0.1, 0.15) is 6.10 Å². The topological polar surface area (TPSA) is 117 Å². The third-order valence-electron chi connectivity index (χ3n) is 10.1. The number of ether oxygens (including phenoxy) is 2. The van der Waals surface area contributed by atoms with E-state index in [1.165, 1.54) is 109 Å².